The summed E-state index contributed by atoms with van der Waals surface area (Å²) in [5.41, 5.74) is 18.0. The summed E-state index contributed by atoms with van der Waals surface area (Å²) < 4.78 is 4.94. The molecule has 0 unspecified atom stereocenters. The largest absolute Gasteiger partial charge is 0.311 e. The van der Waals surface area contributed by atoms with E-state index in [9.17, 15) is 0 Å². The van der Waals surface area contributed by atoms with Crippen molar-refractivity contribution in [3.8, 4) is 44.8 Å². The summed E-state index contributed by atoms with van der Waals surface area (Å²) >= 11 is 0. The number of para-hydroxylation sites is 5. The van der Waals surface area contributed by atoms with Gasteiger partial charge in [0.05, 0.1) is 27.8 Å². The lowest BCUT2D eigenvalue weighted by molar-refractivity contribution is 1.17. The molecular formula is C58H37N3. The Morgan fingerprint density at radius 1 is 0.328 bits per heavy atom. The first kappa shape index (κ1) is 33.8. The maximum Gasteiger partial charge on any atom is 0.0619 e. The van der Waals surface area contributed by atoms with E-state index in [1.54, 1.807) is 0 Å². The molecule has 0 spiro atoms. The van der Waals surface area contributed by atoms with E-state index >= 15 is 0 Å². The minimum absolute atomic E-state index is 1.10. The Morgan fingerprint density at radius 3 is 1.75 bits per heavy atom. The van der Waals surface area contributed by atoms with Gasteiger partial charge >= 0.3 is 0 Å². The van der Waals surface area contributed by atoms with Crippen molar-refractivity contribution in [3.05, 3.63) is 224 Å². The van der Waals surface area contributed by atoms with E-state index in [0.29, 0.717) is 0 Å². The molecule has 13 rings (SSSR count). The monoisotopic (exact) mass is 775 g/mol. The number of hydrogen-bond donors (Lipinski definition) is 0. The Labute approximate surface area is 353 Å². The van der Waals surface area contributed by atoms with Gasteiger partial charge in [-0.15, -0.1) is 0 Å². The zero-order valence-electron chi connectivity index (χ0n) is 33.2. The number of benzene rings is 10. The van der Waals surface area contributed by atoms with Crippen molar-refractivity contribution in [1.29, 1.82) is 0 Å². The fourth-order valence-corrected chi connectivity index (χ4v) is 10.2. The summed E-state index contributed by atoms with van der Waals surface area (Å²) in [6, 6.07) is 82.2. The molecule has 61 heavy (non-hydrogen) atoms. The minimum Gasteiger partial charge on any atom is -0.311 e. The fourth-order valence-electron chi connectivity index (χ4n) is 10.2. The quantitative estimate of drug-likeness (QED) is 0.170. The molecule has 0 amide bonds. The predicted molar refractivity (Wildman–Crippen MR) is 257 cm³/mol. The number of hydrogen-bond acceptors (Lipinski definition) is 1. The second-order valence-electron chi connectivity index (χ2n) is 16.1. The van der Waals surface area contributed by atoms with Gasteiger partial charge in [0.25, 0.3) is 0 Å². The number of aromatic nitrogens is 2. The van der Waals surface area contributed by atoms with Crippen molar-refractivity contribution in [2.45, 2.75) is 0 Å². The van der Waals surface area contributed by atoms with E-state index in [0.717, 1.165) is 22.7 Å². The van der Waals surface area contributed by atoms with Gasteiger partial charge in [0, 0.05) is 61.0 Å². The van der Waals surface area contributed by atoms with Crippen LogP contribution in [0.5, 0.6) is 0 Å². The highest BCUT2D eigenvalue weighted by Crippen LogP contribution is 2.51. The first-order chi connectivity index (χ1) is 30.3. The van der Waals surface area contributed by atoms with Crippen LogP contribution in [0.3, 0.4) is 0 Å². The molecule has 0 saturated carbocycles. The molecule has 0 bridgehead atoms. The van der Waals surface area contributed by atoms with Gasteiger partial charge in [0.1, 0.15) is 0 Å². The molecule has 12 aromatic rings. The first-order valence-corrected chi connectivity index (χ1v) is 21.0. The van der Waals surface area contributed by atoms with Crippen LogP contribution >= 0.6 is 0 Å². The van der Waals surface area contributed by atoms with E-state index < -0.39 is 0 Å². The average molecular weight is 776 g/mol. The molecule has 1 aliphatic rings. The molecule has 0 radical (unpaired) electrons. The van der Waals surface area contributed by atoms with Gasteiger partial charge < -0.3 is 14.0 Å². The Kier molecular flexibility index (Phi) is 7.31. The van der Waals surface area contributed by atoms with Gasteiger partial charge in [-0.3, -0.25) is 0 Å². The van der Waals surface area contributed by atoms with Gasteiger partial charge in [-0.05, 0) is 106 Å². The lowest BCUT2D eigenvalue weighted by atomic mass is 9.90. The van der Waals surface area contributed by atoms with Crippen LogP contribution in [0.2, 0.25) is 0 Å². The average Bonchev–Trinajstić information content (AvgIpc) is 3.81. The molecule has 3 nitrogen and oxygen atoms in total. The molecule has 1 aliphatic heterocycles. The van der Waals surface area contributed by atoms with Crippen molar-refractivity contribution >= 4 is 71.4 Å². The van der Waals surface area contributed by atoms with E-state index in [4.69, 9.17) is 0 Å². The van der Waals surface area contributed by atoms with Crippen molar-refractivity contribution in [2.75, 3.05) is 4.90 Å². The Hall–Kier alpha value is -8.14. The third-order valence-electron chi connectivity index (χ3n) is 12.8. The molecular weight excluding hydrogens is 739 g/mol. The molecule has 3 heteroatoms. The molecule has 2 aromatic heterocycles. The first-order valence-electron chi connectivity index (χ1n) is 21.0. The van der Waals surface area contributed by atoms with Crippen LogP contribution in [0, 0.1) is 0 Å². The number of rotatable bonds is 5. The van der Waals surface area contributed by atoms with Crippen LogP contribution < -0.4 is 4.90 Å². The molecule has 10 aromatic carbocycles. The Morgan fingerprint density at radius 2 is 0.934 bits per heavy atom. The second kappa shape index (κ2) is 13.2. The molecule has 0 aliphatic carbocycles. The summed E-state index contributed by atoms with van der Waals surface area (Å²) in [7, 11) is 0. The van der Waals surface area contributed by atoms with Crippen LogP contribution in [0.1, 0.15) is 0 Å². The van der Waals surface area contributed by atoms with Crippen LogP contribution in [0.15, 0.2) is 224 Å². The van der Waals surface area contributed by atoms with Crippen molar-refractivity contribution in [2.24, 2.45) is 0 Å². The third kappa shape index (κ3) is 5.04. The van der Waals surface area contributed by atoms with Gasteiger partial charge in [0.2, 0.25) is 0 Å². The molecule has 0 saturated heterocycles. The van der Waals surface area contributed by atoms with Gasteiger partial charge in [0.15, 0.2) is 0 Å². The molecule has 0 N–H and O–H groups in total. The van der Waals surface area contributed by atoms with Crippen LogP contribution in [-0.4, -0.2) is 9.13 Å². The van der Waals surface area contributed by atoms with Crippen molar-refractivity contribution in [3.63, 3.8) is 0 Å². The van der Waals surface area contributed by atoms with Crippen LogP contribution in [-0.2, 0) is 0 Å². The highest BCUT2D eigenvalue weighted by atomic mass is 15.1. The van der Waals surface area contributed by atoms with Gasteiger partial charge in [-0.25, -0.2) is 0 Å². The zero-order valence-corrected chi connectivity index (χ0v) is 33.2. The third-order valence-corrected chi connectivity index (χ3v) is 12.8. The maximum absolute atomic E-state index is 2.49. The predicted octanol–water partition coefficient (Wildman–Crippen LogP) is 15.8. The number of nitrogens with zero attached hydrogens (tertiary/aromatic N) is 3. The lowest BCUT2D eigenvalue weighted by Gasteiger charge is -2.26. The highest BCUT2D eigenvalue weighted by Gasteiger charge is 2.28. The minimum atomic E-state index is 1.10. The lowest BCUT2D eigenvalue weighted by Crippen LogP contribution is -2.10. The molecule has 0 atom stereocenters. The van der Waals surface area contributed by atoms with E-state index in [1.807, 2.05) is 0 Å². The summed E-state index contributed by atoms with van der Waals surface area (Å²) in [4.78, 5) is 2.34. The van der Waals surface area contributed by atoms with Crippen LogP contribution in [0.25, 0.3) is 99.1 Å². The van der Waals surface area contributed by atoms with Crippen molar-refractivity contribution in [1.82, 2.24) is 9.13 Å². The van der Waals surface area contributed by atoms with Gasteiger partial charge in [-0.2, -0.15) is 0 Å². The SMILES string of the molecule is c1ccc(N(c2ccc(-c3ccc4ccccc4c3)cc2)c2ccc(-n3c4ccccc4c4c5c(ccc43)-c3cccc4c6ccccc6n(c34)-c3ccccc3-5)cc2)cc1. The summed E-state index contributed by atoms with van der Waals surface area (Å²) in [6.45, 7) is 0. The standard InChI is InChI=1S/C58H37N3/c1-2-15-42(16-3-1)59(43-29-27-39(28-30-43)41-26-25-38-13-4-5-14-40(38)37-41)44-31-33-45(34-32-44)60-53-23-10-8-19-51(53)57-55(60)36-35-47-49-21-12-20-48-46-17-6-9-22-52(46)61(58(48)49)54-24-11-7-18-50(54)56(47)57/h1-37H. The Balaban J connectivity index is 0.966. The number of anilines is 3. The summed E-state index contributed by atoms with van der Waals surface area (Å²) in [5.74, 6) is 0. The molecule has 284 valence electrons. The zero-order chi connectivity index (χ0) is 40.0. The summed E-state index contributed by atoms with van der Waals surface area (Å²) in [6.07, 6.45) is 0. The highest BCUT2D eigenvalue weighted by molar-refractivity contribution is 6.23. The Bertz CT molecular complexity index is 3680. The topological polar surface area (TPSA) is 13.1 Å². The second-order valence-corrected chi connectivity index (χ2v) is 16.1. The molecule has 3 heterocycles. The van der Waals surface area contributed by atoms with E-state index in [2.05, 4.69) is 238 Å². The van der Waals surface area contributed by atoms with Crippen molar-refractivity contribution < 1.29 is 0 Å². The molecule has 0 fully saturated rings. The normalized spacial score (nSPS) is 11.9. The van der Waals surface area contributed by atoms with Gasteiger partial charge in [-0.1, -0.05) is 146 Å². The smallest absolute Gasteiger partial charge is 0.0619 e. The summed E-state index contributed by atoms with van der Waals surface area (Å²) in [5, 5.41) is 7.58. The fraction of sp³-hybridized carbons (Fsp3) is 0. The number of fused-ring (bicyclic) bond motifs is 13. The maximum atomic E-state index is 2.49. The van der Waals surface area contributed by atoms with Crippen LogP contribution in [0.4, 0.5) is 17.1 Å². The van der Waals surface area contributed by atoms with E-state index in [-0.39, 0.29) is 0 Å². The van der Waals surface area contributed by atoms with E-state index in [1.165, 1.54) is 93.5 Å².